The van der Waals surface area contributed by atoms with Gasteiger partial charge >= 0.3 is 7.69 Å². The van der Waals surface area contributed by atoms with E-state index < -0.39 is 0 Å². The van der Waals surface area contributed by atoms with E-state index in [4.69, 9.17) is 21.3 Å². The zero-order valence-corrected chi connectivity index (χ0v) is 21.4. The van der Waals surface area contributed by atoms with Gasteiger partial charge in [0, 0.05) is 5.92 Å². The molecule has 2 nitrogen and oxygen atoms in total. The van der Waals surface area contributed by atoms with E-state index in [0.29, 0.717) is 24.7 Å². The van der Waals surface area contributed by atoms with Gasteiger partial charge in [0.2, 0.25) is 0 Å². The topological polar surface area (TPSA) is 29.5 Å². The van der Waals surface area contributed by atoms with Crippen molar-refractivity contribution in [3.8, 4) is 5.75 Å². The first-order valence-electron chi connectivity index (χ1n) is 12.8. The summed E-state index contributed by atoms with van der Waals surface area (Å²) in [6.45, 7) is 0. The molecule has 0 aromatic heterocycles. The fourth-order valence-corrected chi connectivity index (χ4v) is 4.86. The van der Waals surface area contributed by atoms with Gasteiger partial charge in [-0.3, -0.25) is 0 Å². The highest BCUT2D eigenvalue weighted by molar-refractivity contribution is 6.21. The molecular formula is C32H33BClO2. The maximum absolute atomic E-state index is 8.44. The zero-order chi connectivity index (χ0) is 25.0. The van der Waals surface area contributed by atoms with Gasteiger partial charge in [-0.25, -0.2) is 0 Å². The lowest BCUT2D eigenvalue weighted by molar-refractivity contribution is 0.454. The van der Waals surface area contributed by atoms with Crippen LogP contribution in [0.2, 0.25) is 0 Å². The van der Waals surface area contributed by atoms with E-state index in [2.05, 4.69) is 66.8 Å². The summed E-state index contributed by atoms with van der Waals surface area (Å²) in [6.07, 6.45) is 16.5. The predicted molar refractivity (Wildman–Crippen MR) is 155 cm³/mol. The Morgan fingerprint density at radius 1 is 0.694 bits per heavy atom. The number of fused-ring (bicyclic) bond motifs is 2. The number of benzene rings is 4. The Morgan fingerprint density at radius 3 is 1.86 bits per heavy atom. The van der Waals surface area contributed by atoms with Gasteiger partial charge in [0.25, 0.3) is 0 Å². The third-order valence-electron chi connectivity index (χ3n) is 6.56. The summed E-state index contributed by atoms with van der Waals surface area (Å²) in [4.78, 5) is 0. The van der Waals surface area contributed by atoms with Crippen LogP contribution in [0.5, 0.6) is 5.75 Å². The molecule has 1 unspecified atom stereocenters. The first kappa shape index (κ1) is 26.1. The van der Waals surface area contributed by atoms with Gasteiger partial charge in [-0.15, -0.1) is 11.6 Å². The van der Waals surface area contributed by atoms with Crippen LogP contribution in [0.4, 0.5) is 0 Å². The molecule has 2 aliphatic rings. The van der Waals surface area contributed by atoms with Crippen molar-refractivity contribution in [3.05, 3.63) is 115 Å². The highest BCUT2D eigenvalue weighted by atomic mass is 35.5. The van der Waals surface area contributed by atoms with Gasteiger partial charge in [-0.2, -0.15) is 0 Å². The van der Waals surface area contributed by atoms with Crippen LogP contribution >= 0.6 is 11.6 Å². The molecule has 0 bridgehead atoms. The minimum atomic E-state index is 0.328. The number of hydrogen-bond donors (Lipinski definition) is 1. The molecule has 2 atom stereocenters. The lowest BCUT2D eigenvalue weighted by atomic mass is 9.88. The van der Waals surface area contributed by atoms with Gasteiger partial charge in [-0.1, -0.05) is 97.1 Å². The Labute approximate surface area is 220 Å². The lowest BCUT2D eigenvalue weighted by Crippen LogP contribution is -1.99. The van der Waals surface area contributed by atoms with Crippen molar-refractivity contribution < 1.29 is 9.68 Å². The molecule has 0 fully saturated rings. The molecule has 0 aliphatic heterocycles. The van der Waals surface area contributed by atoms with Crippen molar-refractivity contribution in [1.82, 2.24) is 0 Å². The number of allylic oxidation sites excluding steroid dienone is 4. The fraction of sp³-hybridized carbons (Fsp3) is 0.250. The molecule has 0 saturated carbocycles. The maximum Gasteiger partial charge on any atom is 0.569 e. The van der Waals surface area contributed by atoms with E-state index in [1.165, 1.54) is 48.4 Å². The van der Waals surface area contributed by atoms with E-state index in [-0.39, 0.29) is 0 Å². The Bertz CT molecular complexity index is 1300. The Kier molecular flexibility index (Phi) is 10.1. The summed E-state index contributed by atoms with van der Waals surface area (Å²) >= 11 is 5.73. The van der Waals surface area contributed by atoms with Gasteiger partial charge < -0.3 is 9.68 Å². The van der Waals surface area contributed by atoms with Crippen LogP contribution in [0.25, 0.3) is 21.5 Å². The summed E-state index contributed by atoms with van der Waals surface area (Å²) in [5.74, 6) is 1.28. The van der Waals surface area contributed by atoms with Crippen molar-refractivity contribution >= 4 is 40.8 Å². The molecule has 0 amide bonds. The van der Waals surface area contributed by atoms with Crippen LogP contribution in [0, 0.1) is 0 Å². The van der Waals surface area contributed by atoms with Crippen LogP contribution < -0.4 is 4.65 Å². The average Bonchev–Trinajstić information content (AvgIpc) is 2.94. The minimum absolute atomic E-state index is 0.328. The predicted octanol–water partition coefficient (Wildman–Crippen LogP) is 8.74. The number of rotatable bonds is 3. The lowest BCUT2D eigenvalue weighted by Gasteiger charge is -2.17. The van der Waals surface area contributed by atoms with Crippen LogP contribution in [-0.2, 0) is 0 Å². The molecule has 6 rings (SSSR count). The van der Waals surface area contributed by atoms with E-state index >= 15 is 0 Å². The van der Waals surface area contributed by atoms with Crippen molar-refractivity contribution in [2.75, 3.05) is 0 Å². The second-order valence-electron chi connectivity index (χ2n) is 9.18. The monoisotopic (exact) mass is 495 g/mol. The Morgan fingerprint density at radius 2 is 1.31 bits per heavy atom. The van der Waals surface area contributed by atoms with Crippen LogP contribution in [0.1, 0.15) is 50.0 Å². The molecule has 0 saturated heterocycles. The second-order valence-corrected chi connectivity index (χ2v) is 9.74. The zero-order valence-electron chi connectivity index (χ0n) is 20.6. The summed E-state index contributed by atoms with van der Waals surface area (Å²) < 4.78 is 4.84. The molecule has 1 radical (unpaired) electrons. The van der Waals surface area contributed by atoms with Crippen molar-refractivity contribution in [2.24, 2.45) is 0 Å². The standard InChI is InChI=1S/C16H16.C10H8BO2.C6H9Cl/c1-2-6-13(7-3-1)16-11-10-14-8-4-5-9-15(14)12-16;12-11-13-10-6-5-8-3-1-2-4-9(8)7-10;7-6-4-2-1-3-5-6/h2,4-6,8-13H,1,3,7H2;1-7,12H;2,4,6H,1,3,5H2/t13-;;/m1../s1. The summed E-state index contributed by atoms with van der Waals surface area (Å²) in [5.41, 5.74) is 1.47. The maximum atomic E-state index is 8.44. The Hall–Kier alpha value is -3.01. The molecule has 4 aromatic rings. The molecular weight excluding hydrogens is 463 g/mol. The average molecular weight is 496 g/mol. The Balaban J connectivity index is 0.000000137. The summed E-state index contributed by atoms with van der Waals surface area (Å²) in [5, 5.41) is 13.7. The molecule has 4 aromatic carbocycles. The molecule has 0 spiro atoms. The third-order valence-corrected chi connectivity index (χ3v) is 6.92. The largest absolute Gasteiger partial charge is 0.569 e. The quantitative estimate of drug-likeness (QED) is 0.175. The molecule has 183 valence electrons. The van der Waals surface area contributed by atoms with Gasteiger partial charge in [0.05, 0.1) is 5.38 Å². The number of halogens is 1. The van der Waals surface area contributed by atoms with Crippen LogP contribution in [0.3, 0.4) is 0 Å². The molecule has 1 N–H and O–H groups in total. The van der Waals surface area contributed by atoms with Crippen molar-refractivity contribution in [1.29, 1.82) is 0 Å². The van der Waals surface area contributed by atoms with E-state index in [9.17, 15) is 0 Å². The van der Waals surface area contributed by atoms with Gasteiger partial charge in [-0.05, 0) is 77.8 Å². The normalized spacial score (nSPS) is 18.5. The SMILES string of the molecule is C1=C[C@@H](c2ccc3ccccc3c2)CCC1.ClC1C=CCCC1.O[B]Oc1ccc2ccccc2c1. The molecule has 36 heavy (non-hydrogen) atoms. The van der Waals surface area contributed by atoms with Crippen molar-refractivity contribution in [2.45, 2.75) is 49.8 Å². The van der Waals surface area contributed by atoms with E-state index in [0.717, 1.165) is 17.2 Å². The van der Waals surface area contributed by atoms with E-state index in [1.54, 1.807) is 0 Å². The molecule has 2 aliphatic carbocycles. The van der Waals surface area contributed by atoms with Crippen molar-refractivity contribution in [3.63, 3.8) is 0 Å². The van der Waals surface area contributed by atoms with Crippen LogP contribution in [0.15, 0.2) is 109 Å². The summed E-state index contributed by atoms with van der Waals surface area (Å²) in [7, 11) is 0.685. The number of hydrogen-bond acceptors (Lipinski definition) is 2. The highest BCUT2D eigenvalue weighted by Gasteiger charge is 2.10. The molecule has 0 heterocycles. The summed E-state index contributed by atoms with van der Waals surface area (Å²) in [6, 6.07) is 29.1. The highest BCUT2D eigenvalue weighted by Crippen LogP contribution is 2.29. The van der Waals surface area contributed by atoms with Crippen LogP contribution in [-0.4, -0.2) is 18.1 Å². The van der Waals surface area contributed by atoms with Gasteiger partial charge in [0.1, 0.15) is 5.75 Å². The first-order valence-corrected chi connectivity index (χ1v) is 13.2. The first-order chi connectivity index (χ1) is 17.7. The second kappa shape index (κ2) is 13.9. The fourth-order valence-electron chi connectivity index (χ4n) is 4.60. The van der Waals surface area contributed by atoms with Gasteiger partial charge in [0.15, 0.2) is 0 Å². The third kappa shape index (κ3) is 7.75. The van der Waals surface area contributed by atoms with E-state index in [1.807, 2.05) is 42.5 Å². The molecule has 4 heteroatoms. The minimum Gasteiger partial charge on any atom is -0.537 e. The number of alkyl halides is 1. The smallest absolute Gasteiger partial charge is 0.537 e.